The summed E-state index contributed by atoms with van der Waals surface area (Å²) in [5.74, 6) is 1.45. The molecule has 1 aromatic rings. The zero-order valence-corrected chi connectivity index (χ0v) is 12.9. The van der Waals surface area contributed by atoms with Crippen LogP contribution in [0.1, 0.15) is 39.7 Å². The average Bonchev–Trinajstić information content (AvgIpc) is 2.95. The Balaban J connectivity index is 1.95. The van der Waals surface area contributed by atoms with Crippen LogP contribution < -0.4 is 14.4 Å². The molecule has 1 atom stereocenters. The molecule has 0 bridgehead atoms. The summed E-state index contributed by atoms with van der Waals surface area (Å²) < 4.78 is 16.4. The summed E-state index contributed by atoms with van der Waals surface area (Å²) >= 11 is 0. The van der Waals surface area contributed by atoms with Crippen molar-refractivity contribution in [2.24, 2.45) is 0 Å². The van der Waals surface area contributed by atoms with Crippen molar-refractivity contribution in [3.8, 4) is 11.5 Å². The van der Waals surface area contributed by atoms with Crippen LogP contribution in [0, 0.1) is 0 Å². The summed E-state index contributed by atoms with van der Waals surface area (Å²) in [6.45, 7) is 7.95. The molecule has 2 aliphatic rings. The Hall–Kier alpha value is -1.91. The molecule has 0 aliphatic carbocycles. The van der Waals surface area contributed by atoms with Gasteiger partial charge >= 0.3 is 6.09 Å². The predicted octanol–water partition coefficient (Wildman–Crippen LogP) is 3.49. The van der Waals surface area contributed by atoms with E-state index < -0.39 is 5.60 Å². The van der Waals surface area contributed by atoms with Gasteiger partial charge in [0.15, 0.2) is 11.5 Å². The first-order valence-electron chi connectivity index (χ1n) is 7.34. The van der Waals surface area contributed by atoms with Gasteiger partial charge in [-0.1, -0.05) is 6.92 Å². The van der Waals surface area contributed by atoms with Gasteiger partial charge in [-0.2, -0.15) is 0 Å². The number of carbonyl (C=O) groups excluding carboxylic acids is 1. The van der Waals surface area contributed by atoms with Crippen LogP contribution in [0.5, 0.6) is 11.5 Å². The third-order valence-corrected chi connectivity index (χ3v) is 3.72. The molecule has 0 unspecified atom stereocenters. The van der Waals surface area contributed by atoms with Gasteiger partial charge in [-0.3, -0.25) is 4.90 Å². The largest absolute Gasteiger partial charge is 0.454 e. The Bertz CT molecular complexity index is 576. The zero-order valence-electron chi connectivity index (χ0n) is 12.9. The lowest BCUT2D eigenvalue weighted by atomic mass is 10.1. The van der Waals surface area contributed by atoms with Crippen molar-refractivity contribution in [3.63, 3.8) is 0 Å². The molecule has 0 spiro atoms. The number of rotatable bonds is 1. The van der Waals surface area contributed by atoms with Crippen molar-refractivity contribution in [3.05, 3.63) is 17.7 Å². The van der Waals surface area contributed by atoms with E-state index in [-0.39, 0.29) is 18.9 Å². The number of carbonyl (C=O) groups is 1. The highest BCUT2D eigenvalue weighted by atomic mass is 16.7. The topological polar surface area (TPSA) is 48.0 Å². The second kappa shape index (κ2) is 4.83. The van der Waals surface area contributed by atoms with Gasteiger partial charge in [0.25, 0.3) is 0 Å². The molecule has 5 heteroatoms. The molecule has 0 aromatic heterocycles. The van der Waals surface area contributed by atoms with E-state index >= 15 is 0 Å². The summed E-state index contributed by atoms with van der Waals surface area (Å²) in [5, 5.41) is 0. The minimum Gasteiger partial charge on any atom is -0.454 e. The van der Waals surface area contributed by atoms with Gasteiger partial charge in [0, 0.05) is 12.1 Å². The van der Waals surface area contributed by atoms with Crippen LogP contribution >= 0.6 is 0 Å². The molecule has 5 nitrogen and oxygen atoms in total. The van der Waals surface area contributed by atoms with Gasteiger partial charge in [0.1, 0.15) is 5.60 Å². The Morgan fingerprint density at radius 2 is 2.00 bits per heavy atom. The molecular weight excluding hydrogens is 270 g/mol. The van der Waals surface area contributed by atoms with Crippen molar-refractivity contribution in [2.45, 2.75) is 52.2 Å². The summed E-state index contributed by atoms with van der Waals surface area (Å²) in [7, 11) is 0. The van der Waals surface area contributed by atoms with Crippen LogP contribution in [-0.2, 0) is 11.2 Å². The number of hydrogen-bond acceptors (Lipinski definition) is 4. The van der Waals surface area contributed by atoms with Crippen molar-refractivity contribution in [2.75, 3.05) is 11.7 Å². The zero-order chi connectivity index (χ0) is 15.2. The Morgan fingerprint density at radius 1 is 1.33 bits per heavy atom. The van der Waals surface area contributed by atoms with Gasteiger partial charge in [-0.25, -0.2) is 4.79 Å². The molecule has 1 amide bonds. The van der Waals surface area contributed by atoms with E-state index in [0.29, 0.717) is 5.75 Å². The van der Waals surface area contributed by atoms with Crippen molar-refractivity contribution in [1.82, 2.24) is 0 Å². The molecule has 0 saturated heterocycles. The van der Waals surface area contributed by atoms with Crippen LogP contribution in [0.4, 0.5) is 10.5 Å². The van der Waals surface area contributed by atoms with E-state index in [4.69, 9.17) is 14.2 Å². The second-order valence-corrected chi connectivity index (χ2v) is 6.45. The van der Waals surface area contributed by atoms with E-state index in [1.165, 1.54) is 0 Å². The monoisotopic (exact) mass is 291 g/mol. The minimum absolute atomic E-state index is 0.123. The third kappa shape index (κ3) is 2.52. The maximum Gasteiger partial charge on any atom is 0.415 e. The van der Waals surface area contributed by atoms with Crippen LogP contribution in [0.15, 0.2) is 12.1 Å². The molecule has 0 radical (unpaired) electrons. The first kappa shape index (κ1) is 14.0. The van der Waals surface area contributed by atoms with E-state index in [1.807, 2.05) is 32.9 Å². The Labute approximate surface area is 124 Å². The van der Waals surface area contributed by atoms with Gasteiger partial charge in [0.2, 0.25) is 6.79 Å². The standard InChI is InChI=1S/C16H21NO4/c1-5-11-6-10-7-13-14(20-9-19-13)8-12(10)17(11)15(18)21-16(2,3)4/h7-8,11H,5-6,9H2,1-4H3/t11-/m1/s1. The summed E-state index contributed by atoms with van der Waals surface area (Å²) in [5.41, 5.74) is 1.48. The lowest BCUT2D eigenvalue weighted by Crippen LogP contribution is -2.41. The molecule has 3 rings (SSSR count). The Morgan fingerprint density at radius 3 is 2.62 bits per heavy atom. The van der Waals surface area contributed by atoms with Gasteiger partial charge < -0.3 is 14.2 Å². The van der Waals surface area contributed by atoms with Crippen LogP contribution in [0.2, 0.25) is 0 Å². The number of ether oxygens (including phenoxy) is 3. The number of benzene rings is 1. The van der Waals surface area contributed by atoms with E-state index in [2.05, 4.69) is 6.92 Å². The summed E-state index contributed by atoms with van der Waals surface area (Å²) in [6, 6.07) is 3.99. The lowest BCUT2D eigenvalue weighted by molar-refractivity contribution is 0.0569. The van der Waals surface area contributed by atoms with E-state index in [1.54, 1.807) is 4.90 Å². The highest BCUT2D eigenvalue weighted by Crippen LogP contribution is 2.43. The van der Waals surface area contributed by atoms with Crippen molar-refractivity contribution in [1.29, 1.82) is 0 Å². The van der Waals surface area contributed by atoms with Crippen LogP contribution in [-0.4, -0.2) is 24.5 Å². The first-order chi connectivity index (χ1) is 9.89. The number of fused-ring (bicyclic) bond motifs is 2. The van der Waals surface area contributed by atoms with Crippen LogP contribution in [0.25, 0.3) is 0 Å². The minimum atomic E-state index is -0.505. The second-order valence-electron chi connectivity index (χ2n) is 6.45. The highest BCUT2D eigenvalue weighted by molar-refractivity contribution is 5.92. The quantitative estimate of drug-likeness (QED) is 0.794. The number of hydrogen-bond donors (Lipinski definition) is 0. The highest BCUT2D eigenvalue weighted by Gasteiger charge is 2.37. The normalized spacial score (nSPS) is 19.6. The van der Waals surface area contributed by atoms with Gasteiger partial charge in [0.05, 0.1) is 5.69 Å². The smallest absolute Gasteiger partial charge is 0.415 e. The van der Waals surface area contributed by atoms with E-state index in [9.17, 15) is 4.79 Å². The molecule has 0 fully saturated rings. The molecule has 0 saturated carbocycles. The van der Waals surface area contributed by atoms with Gasteiger partial charge in [-0.15, -0.1) is 0 Å². The molecule has 2 aliphatic heterocycles. The molecule has 0 N–H and O–H groups in total. The maximum atomic E-state index is 12.5. The first-order valence-corrected chi connectivity index (χ1v) is 7.34. The van der Waals surface area contributed by atoms with Crippen molar-refractivity contribution >= 4 is 11.8 Å². The fourth-order valence-corrected chi connectivity index (χ4v) is 2.79. The summed E-state index contributed by atoms with van der Waals surface area (Å²) in [4.78, 5) is 14.3. The number of nitrogens with zero attached hydrogens (tertiary/aromatic N) is 1. The fraction of sp³-hybridized carbons (Fsp3) is 0.562. The predicted molar refractivity (Wildman–Crippen MR) is 79.1 cm³/mol. The van der Waals surface area contributed by atoms with Gasteiger partial charge in [-0.05, 0) is 45.2 Å². The van der Waals surface area contributed by atoms with E-state index in [0.717, 1.165) is 29.8 Å². The number of anilines is 1. The molecule has 114 valence electrons. The average molecular weight is 291 g/mol. The lowest BCUT2D eigenvalue weighted by Gasteiger charge is -2.28. The molecular formula is C16H21NO4. The van der Waals surface area contributed by atoms with Crippen LogP contribution in [0.3, 0.4) is 0 Å². The third-order valence-electron chi connectivity index (χ3n) is 3.72. The SMILES string of the molecule is CC[C@@H]1Cc2cc3c(cc2N1C(=O)OC(C)(C)C)OCO3. The molecule has 2 heterocycles. The summed E-state index contributed by atoms with van der Waals surface area (Å²) in [6.07, 6.45) is 1.40. The van der Waals surface area contributed by atoms with Crippen molar-refractivity contribution < 1.29 is 19.0 Å². The fourth-order valence-electron chi connectivity index (χ4n) is 2.79. The molecule has 21 heavy (non-hydrogen) atoms. The maximum absolute atomic E-state index is 12.5. The molecule has 1 aromatic carbocycles. The number of amides is 1. The Kier molecular flexibility index (Phi) is 3.23.